The van der Waals surface area contributed by atoms with Crippen LogP contribution in [0.2, 0.25) is 0 Å². The Morgan fingerprint density at radius 1 is 1.07 bits per heavy atom. The van der Waals surface area contributed by atoms with Crippen molar-refractivity contribution in [2.75, 3.05) is 0 Å². The lowest BCUT2D eigenvalue weighted by molar-refractivity contribution is 0.574. The molecule has 1 aromatic carbocycles. The number of rotatable bonds is 0. The Labute approximate surface area is 87.1 Å². The van der Waals surface area contributed by atoms with Crippen molar-refractivity contribution < 1.29 is 8.78 Å². The van der Waals surface area contributed by atoms with Gasteiger partial charge in [0.2, 0.25) is 0 Å². The van der Waals surface area contributed by atoms with Crippen LogP contribution in [-0.2, 0) is 5.41 Å². The molecule has 0 amide bonds. The molecular weight excluding hydrogens is 196 g/mol. The Kier molecular flexibility index (Phi) is 2.07. The second-order valence-electron chi connectivity index (χ2n) is 4.78. The molecule has 2 rings (SSSR count). The van der Waals surface area contributed by atoms with Crippen molar-refractivity contribution in [3.8, 4) is 0 Å². The minimum Gasteiger partial charge on any atom is -0.358 e. The van der Waals surface area contributed by atoms with Crippen LogP contribution in [0, 0.1) is 11.6 Å². The first-order valence-electron chi connectivity index (χ1n) is 4.86. The molecule has 2 aromatic rings. The van der Waals surface area contributed by atoms with Gasteiger partial charge in [0.1, 0.15) is 11.6 Å². The maximum Gasteiger partial charge on any atom is 0.135 e. The predicted molar refractivity (Wildman–Crippen MR) is 56.9 cm³/mol. The van der Waals surface area contributed by atoms with Crippen LogP contribution in [0.5, 0.6) is 0 Å². The predicted octanol–water partition coefficient (Wildman–Crippen LogP) is 3.74. The molecule has 0 bridgehead atoms. The lowest BCUT2D eigenvalue weighted by atomic mass is 9.92. The number of hydrogen-bond acceptors (Lipinski definition) is 0. The summed E-state index contributed by atoms with van der Waals surface area (Å²) in [4.78, 5) is 3.04. The lowest BCUT2D eigenvalue weighted by Crippen LogP contribution is -2.10. The molecule has 3 heteroatoms. The van der Waals surface area contributed by atoms with Crippen LogP contribution in [0.15, 0.2) is 18.2 Å². The minimum atomic E-state index is -0.553. The number of benzene rings is 1. The first-order valence-corrected chi connectivity index (χ1v) is 4.86. The zero-order chi connectivity index (χ0) is 11.2. The Hall–Kier alpha value is -1.38. The molecule has 15 heavy (non-hydrogen) atoms. The molecule has 1 N–H and O–H groups in total. The fraction of sp³-hybridized carbons (Fsp3) is 0.333. The van der Waals surface area contributed by atoms with E-state index in [0.29, 0.717) is 10.9 Å². The summed E-state index contributed by atoms with van der Waals surface area (Å²) in [6, 6.07) is 3.96. The second kappa shape index (κ2) is 3.05. The summed E-state index contributed by atoms with van der Waals surface area (Å²) in [7, 11) is 0. The average molecular weight is 209 g/mol. The molecule has 1 heterocycles. The molecule has 0 aliphatic heterocycles. The summed E-state index contributed by atoms with van der Waals surface area (Å²) >= 11 is 0. The quantitative estimate of drug-likeness (QED) is 0.680. The average Bonchev–Trinajstić information content (AvgIpc) is 2.46. The fourth-order valence-corrected chi connectivity index (χ4v) is 1.56. The number of hydrogen-bond donors (Lipinski definition) is 1. The van der Waals surface area contributed by atoms with E-state index >= 15 is 0 Å². The largest absolute Gasteiger partial charge is 0.358 e. The Morgan fingerprint density at radius 3 is 2.33 bits per heavy atom. The van der Waals surface area contributed by atoms with Crippen molar-refractivity contribution >= 4 is 10.9 Å². The molecule has 1 nitrogen and oxygen atoms in total. The van der Waals surface area contributed by atoms with Crippen molar-refractivity contribution in [1.29, 1.82) is 0 Å². The van der Waals surface area contributed by atoms with Crippen LogP contribution in [0.4, 0.5) is 8.78 Å². The molecule has 0 aliphatic carbocycles. The molecule has 80 valence electrons. The SMILES string of the molecule is CC(C)(C)c1cc2c(F)cc(F)cc2[nH]1. The summed E-state index contributed by atoms with van der Waals surface area (Å²) in [5, 5.41) is 0.446. The van der Waals surface area contributed by atoms with Gasteiger partial charge in [-0.05, 0) is 12.1 Å². The maximum atomic E-state index is 13.4. The number of H-pyrrole nitrogens is 1. The number of halogens is 2. The molecule has 0 spiro atoms. The molecule has 0 aliphatic rings. The van der Waals surface area contributed by atoms with Gasteiger partial charge >= 0.3 is 0 Å². The highest BCUT2D eigenvalue weighted by Crippen LogP contribution is 2.27. The molecule has 0 fully saturated rings. The normalized spacial score (nSPS) is 12.3. The second-order valence-corrected chi connectivity index (χ2v) is 4.78. The highest BCUT2D eigenvalue weighted by Gasteiger charge is 2.17. The van der Waals surface area contributed by atoms with Crippen molar-refractivity contribution in [2.24, 2.45) is 0 Å². The number of nitrogens with one attached hydrogen (secondary N) is 1. The van der Waals surface area contributed by atoms with Crippen molar-refractivity contribution in [3.05, 3.63) is 35.5 Å². The molecule has 0 radical (unpaired) electrons. The van der Waals surface area contributed by atoms with Gasteiger partial charge in [-0.25, -0.2) is 8.78 Å². The minimum absolute atomic E-state index is 0.0953. The van der Waals surface area contributed by atoms with Gasteiger partial charge in [0, 0.05) is 22.6 Å². The van der Waals surface area contributed by atoms with Crippen LogP contribution in [-0.4, -0.2) is 4.98 Å². The van der Waals surface area contributed by atoms with Gasteiger partial charge in [0.25, 0.3) is 0 Å². The Balaban J connectivity index is 2.71. The van der Waals surface area contributed by atoms with Gasteiger partial charge in [0.15, 0.2) is 0 Å². The smallest absolute Gasteiger partial charge is 0.135 e. The number of fused-ring (bicyclic) bond motifs is 1. The van der Waals surface area contributed by atoms with E-state index in [-0.39, 0.29) is 5.41 Å². The first kappa shape index (κ1) is 10.1. The Bertz CT molecular complexity index is 506. The van der Waals surface area contributed by atoms with Gasteiger partial charge in [-0.1, -0.05) is 20.8 Å². The summed E-state index contributed by atoms with van der Waals surface area (Å²) < 4.78 is 26.3. The van der Waals surface area contributed by atoms with Crippen molar-refractivity contribution in [1.82, 2.24) is 4.98 Å². The standard InChI is InChI=1S/C12H13F2N/c1-12(2,3)11-6-8-9(14)4-7(13)5-10(8)15-11/h4-6,15H,1-3H3. The van der Waals surface area contributed by atoms with Crippen molar-refractivity contribution in [2.45, 2.75) is 26.2 Å². The van der Waals surface area contributed by atoms with Crippen LogP contribution >= 0.6 is 0 Å². The van der Waals surface area contributed by atoms with E-state index in [9.17, 15) is 8.78 Å². The van der Waals surface area contributed by atoms with Crippen LogP contribution in [0.25, 0.3) is 10.9 Å². The van der Waals surface area contributed by atoms with E-state index < -0.39 is 11.6 Å². The number of aromatic amines is 1. The van der Waals surface area contributed by atoms with Gasteiger partial charge in [-0.2, -0.15) is 0 Å². The van der Waals surface area contributed by atoms with E-state index in [1.54, 1.807) is 6.07 Å². The summed E-state index contributed by atoms with van der Waals surface area (Å²) in [6.07, 6.45) is 0. The third-order valence-electron chi connectivity index (χ3n) is 2.46. The van der Waals surface area contributed by atoms with E-state index in [2.05, 4.69) is 4.98 Å². The topological polar surface area (TPSA) is 15.8 Å². The van der Waals surface area contributed by atoms with Crippen LogP contribution in [0.3, 0.4) is 0 Å². The van der Waals surface area contributed by atoms with Crippen molar-refractivity contribution in [3.63, 3.8) is 0 Å². The highest BCUT2D eigenvalue weighted by molar-refractivity contribution is 5.81. The number of aromatic nitrogens is 1. The molecular formula is C12H13F2N. The zero-order valence-corrected chi connectivity index (χ0v) is 8.99. The summed E-state index contributed by atoms with van der Waals surface area (Å²) in [6.45, 7) is 6.06. The van der Waals surface area contributed by atoms with E-state index in [1.807, 2.05) is 20.8 Å². The van der Waals surface area contributed by atoms with Gasteiger partial charge in [-0.3, -0.25) is 0 Å². The summed E-state index contributed by atoms with van der Waals surface area (Å²) in [5.74, 6) is -1.07. The van der Waals surface area contributed by atoms with Crippen LogP contribution < -0.4 is 0 Å². The molecule has 0 atom stereocenters. The highest BCUT2D eigenvalue weighted by atomic mass is 19.1. The Morgan fingerprint density at radius 2 is 1.73 bits per heavy atom. The lowest BCUT2D eigenvalue weighted by Gasteiger charge is -2.15. The fourth-order valence-electron chi connectivity index (χ4n) is 1.56. The molecule has 1 aromatic heterocycles. The van der Waals surface area contributed by atoms with Gasteiger partial charge in [0.05, 0.1) is 5.52 Å². The summed E-state index contributed by atoms with van der Waals surface area (Å²) in [5.41, 5.74) is 1.32. The molecule has 0 saturated carbocycles. The third kappa shape index (κ3) is 1.74. The van der Waals surface area contributed by atoms with E-state index in [4.69, 9.17) is 0 Å². The first-order chi connectivity index (χ1) is 6.88. The van der Waals surface area contributed by atoms with E-state index in [0.717, 1.165) is 11.8 Å². The van der Waals surface area contributed by atoms with Gasteiger partial charge in [-0.15, -0.1) is 0 Å². The van der Waals surface area contributed by atoms with Gasteiger partial charge < -0.3 is 4.98 Å². The monoisotopic (exact) mass is 209 g/mol. The van der Waals surface area contributed by atoms with E-state index in [1.165, 1.54) is 6.07 Å². The zero-order valence-electron chi connectivity index (χ0n) is 8.99. The maximum absolute atomic E-state index is 13.4. The molecule has 0 saturated heterocycles. The third-order valence-corrected chi connectivity index (χ3v) is 2.46. The molecule has 0 unspecified atom stereocenters. The van der Waals surface area contributed by atoms with Crippen LogP contribution in [0.1, 0.15) is 26.5 Å².